The number of carbonyl (C=O) groups is 1. The minimum absolute atomic E-state index is 0.319. The van der Waals surface area contributed by atoms with Crippen molar-refractivity contribution in [3.05, 3.63) is 23.5 Å². The normalized spacial score (nSPS) is 16.9. The number of H-pyrrole nitrogens is 1. The predicted octanol–water partition coefficient (Wildman–Crippen LogP) is 1.77. The molecule has 0 saturated carbocycles. The smallest absolute Gasteiger partial charge is 0.354 e. The number of aromatic amines is 1. The number of hydrogen-bond donors (Lipinski definition) is 2. The summed E-state index contributed by atoms with van der Waals surface area (Å²) in [6, 6.07) is 3.68. The maximum Gasteiger partial charge on any atom is 0.354 e. The average molecular weight is 279 g/mol. The van der Waals surface area contributed by atoms with Crippen molar-refractivity contribution in [3.8, 4) is 0 Å². The van der Waals surface area contributed by atoms with Crippen molar-refractivity contribution < 1.29 is 9.53 Å². The number of nitrogens with zero attached hydrogens (tertiary/aromatic N) is 1. The summed E-state index contributed by atoms with van der Waals surface area (Å²) in [6.07, 6.45) is 5.42. The van der Waals surface area contributed by atoms with E-state index < -0.39 is 0 Å². The summed E-state index contributed by atoms with van der Waals surface area (Å²) in [7, 11) is 1.39. The van der Waals surface area contributed by atoms with Gasteiger partial charge in [0.15, 0.2) is 0 Å². The lowest BCUT2D eigenvalue weighted by atomic mass is 10.2. The lowest BCUT2D eigenvalue weighted by Crippen LogP contribution is -2.32. The highest BCUT2D eigenvalue weighted by molar-refractivity contribution is 5.87. The molecule has 2 N–H and O–H groups in total. The van der Waals surface area contributed by atoms with E-state index in [1.807, 2.05) is 6.07 Å². The number of carbonyl (C=O) groups excluding carboxylic acids is 1. The third-order valence-electron chi connectivity index (χ3n) is 3.77. The van der Waals surface area contributed by atoms with Crippen LogP contribution in [-0.4, -0.2) is 49.1 Å². The molecule has 1 fully saturated rings. The van der Waals surface area contributed by atoms with Crippen LogP contribution >= 0.6 is 0 Å². The zero-order valence-electron chi connectivity index (χ0n) is 12.3. The van der Waals surface area contributed by atoms with Crippen molar-refractivity contribution in [3.63, 3.8) is 0 Å². The molecule has 0 spiro atoms. The maximum absolute atomic E-state index is 11.3. The van der Waals surface area contributed by atoms with Crippen LogP contribution in [0, 0.1) is 0 Å². The van der Waals surface area contributed by atoms with Gasteiger partial charge < -0.3 is 19.9 Å². The van der Waals surface area contributed by atoms with Crippen molar-refractivity contribution in [1.29, 1.82) is 0 Å². The van der Waals surface area contributed by atoms with E-state index in [9.17, 15) is 4.79 Å². The number of likely N-dealkylation sites (tertiary alicyclic amines) is 1. The number of nitrogens with one attached hydrogen (secondary N) is 2. The molecule has 5 nitrogen and oxygen atoms in total. The Hall–Kier alpha value is -1.33. The van der Waals surface area contributed by atoms with Crippen LogP contribution in [0.2, 0.25) is 0 Å². The van der Waals surface area contributed by atoms with E-state index in [0.29, 0.717) is 5.69 Å². The summed E-state index contributed by atoms with van der Waals surface area (Å²) >= 11 is 0. The Bertz CT molecular complexity index is 409. The largest absolute Gasteiger partial charge is 0.464 e. The molecule has 1 aromatic heterocycles. The van der Waals surface area contributed by atoms with Crippen molar-refractivity contribution in [2.24, 2.45) is 0 Å². The van der Waals surface area contributed by atoms with Gasteiger partial charge in [-0.15, -0.1) is 0 Å². The highest BCUT2D eigenvalue weighted by Crippen LogP contribution is 2.08. The Kier molecular flexibility index (Phi) is 6.08. The van der Waals surface area contributed by atoms with Gasteiger partial charge in [-0.25, -0.2) is 4.79 Å². The molecular weight excluding hydrogens is 254 g/mol. The Morgan fingerprint density at radius 2 is 2.05 bits per heavy atom. The monoisotopic (exact) mass is 279 g/mol. The molecule has 0 atom stereocenters. The Labute approximate surface area is 120 Å². The molecule has 112 valence electrons. The first-order chi connectivity index (χ1) is 9.79. The van der Waals surface area contributed by atoms with Gasteiger partial charge in [-0.1, -0.05) is 12.8 Å². The van der Waals surface area contributed by atoms with Crippen LogP contribution in [0.1, 0.15) is 41.9 Å². The van der Waals surface area contributed by atoms with Gasteiger partial charge in [0.1, 0.15) is 5.69 Å². The Morgan fingerprint density at radius 1 is 1.30 bits per heavy atom. The van der Waals surface area contributed by atoms with E-state index in [1.165, 1.54) is 45.9 Å². The van der Waals surface area contributed by atoms with Crippen molar-refractivity contribution in [1.82, 2.24) is 15.2 Å². The SMILES string of the molecule is COC(=O)c1ccc(CNCCN2CCCCCC2)[nH]1. The number of hydrogen-bond acceptors (Lipinski definition) is 4. The standard InChI is InChI=1S/C15H25N3O2/c1-20-15(19)14-7-6-13(17-14)12-16-8-11-18-9-4-2-3-5-10-18/h6-7,16-17H,2-5,8-12H2,1H3. The van der Waals surface area contributed by atoms with Crippen LogP contribution in [0.25, 0.3) is 0 Å². The van der Waals surface area contributed by atoms with E-state index in [0.717, 1.165) is 25.3 Å². The third kappa shape index (κ3) is 4.65. The highest BCUT2D eigenvalue weighted by Gasteiger charge is 2.09. The molecule has 1 aromatic rings. The second kappa shape index (κ2) is 8.07. The van der Waals surface area contributed by atoms with E-state index in [-0.39, 0.29) is 5.97 Å². The first kappa shape index (κ1) is 15.1. The predicted molar refractivity (Wildman–Crippen MR) is 78.7 cm³/mol. The summed E-state index contributed by atoms with van der Waals surface area (Å²) < 4.78 is 4.67. The fourth-order valence-electron chi connectivity index (χ4n) is 2.59. The molecule has 1 aliphatic heterocycles. The lowest BCUT2D eigenvalue weighted by Gasteiger charge is -2.19. The van der Waals surface area contributed by atoms with Gasteiger partial charge in [-0.05, 0) is 38.1 Å². The van der Waals surface area contributed by atoms with Gasteiger partial charge in [0, 0.05) is 25.3 Å². The van der Waals surface area contributed by atoms with Crippen LogP contribution < -0.4 is 5.32 Å². The highest BCUT2D eigenvalue weighted by atomic mass is 16.5. The number of aromatic nitrogens is 1. The van der Waals surface area contributed by atoms with Gasteiger partial charge in [-0.2, -0.15) is 0 Å². The topological polar surface area (TPSA) is 57.4 Å². The number of esters is 1. The van der Waals surface area contributed by atoms with Gasteiger partial charge in [0.05, 0.1) is 7.11 Å². The van der Waals surface area contributed by atoms with Crippen molar-refractivity contribution in [2.75, 3.05) is 33.3 Å². The second-order valence-corrected chi connectivity index (χ2v) is 5.32. The summed E-state index contributed by atoms with van der Waals surface area (Å²) in [5.74, 6) is -0.319. The molecule has 0 amide bonds. The third-order valence-corrected chi connectivity index (χ3v) is 3.77. The summed E-state index contributed by atoms with van der Waals surface area (Å²) in [4.78, 5) is 16.9. The van der Waals surface area contributed by atoms with Crippen LogP contribution in [0.15, 0.2) is 12.1 Å². The van der Waals surface area contributed by atoms with E-state index in [2.05, 4.69) is 19.9 Å². The second-order valence-electron chi connectivity index (χ2n) is 5.32. The molecule has 0 aliphatic carbocycles. The minimum Gasteiger partial charge on any atom is -0.464 e. The van der Waals surface area contributed by atoms with Crippen molar-refractivity contribution >= 4 is 5.97 Å². The van der Waals surface area contributed by atoms with Crippen LogP contribution in [0.4, 0.5) is 0 Å². The molecule has 1 saturated heterocycles. The molecule has 2 heterocycles. The quantitative estimate of drug-likeness (QED) is 0.615. The fraction of sp³-hybridized carbons (Fsp3) is 0.667. The Balaban J connectivity index is 1.65. The molecule has 0 bridgehead atoms. The van der Waals surface area contributed by atoms with Crippen LogP contribution in [-0.2, 0) is 11.3 Å². The average Bonchev–Trinajstić information content (AvgIpc) is 2.79. The van der Waals surface area contributed by atoms with Crippen molar-refractivity contribution in [2.45, 2.75) is 32.2 Å². The molecule has 5 heteroatoms. The molecular formula is C15H25N3O2. The van der Waals surface area contributed by atoms with E-state index in [4.69, 9.17) is 0 Å². The van der Waals surface area contributed by atoms with Crippen LogP contribution in [0.5, 0.6) is 0 Å². The van der Waals surface area contributed by atoms with E-state index in [1.54, 1.807) is 6.07 Å². The molecule has 0 unspecified atom stereocenters. The van der Waals surface area contributed by atoms with Gasteiger partial charge in [-0.3, -0.25) is 0 Å². The fourth-order valence-corrected chi connectivity index (χ4v) is 2.59. The minimum atomic E-state index is -0.319. The number of methoxy groups -OCH3 is 1. The first-order valence-corrected chi connectivity index (χ1v) is 7.49. The molecule has 1 aliphatic rings. The van der Waals surface area contributed by atoms with Gasteiger partial charge in [0.25, 0.3) is 0 Å². The lowest BCUT2D eigenvalue weighted by molar-refractivity contribution is 0.0594. The molecule has 2 rings (SSSR count). The van der Waals surface area contributed by atoms with E-state index >= 15 is 0 Å². The Morgan fingerprint density at radius 3 is 2.75 bits per heavy atom. The van der Waals surface area contributed by atoms with Gasteiger partial charge >= 0.3 is 5.97 Å². The maximum atomic E-state index is 11.3. The van der Waals surface area contributed by atoms with Crippen LogP contribution in [0.3, 0.4) is 0 Å². The van der Waals surface area contributed by atoms with Gasteiger partial charge in [0.2, 0.25) is 0 Å². The molecule has 0 aromatic carbocycles. The number of ether oxygens (including phenoxy) is 1. The zero-order chi connectivity index (χ0) is 14.2. The first-order valence-electron chi connectivity index (χ1n) is 7.49. The zero-order valence-corrected chi connectivity index (χ0v) is 12.3. The molecule has 20 heavy (non-hydrogen) atoms. The summed E-state index contributed by atoms with van der Waals surface area (Å²) in [5.41, 5.74) is 1.53. The molecule has 0 radical (unpaired) electrons. The number of rotatable bonds is 6. The summed E-state index contributed by atoms with van der Waals surface area (Å²) in [5, 5.41) is 3.41. The summed E-state index contributed by atoms with van der Waals surface area (Å²) in [6.45, 7) is 5.30.